The molecular formula is C9H20OSi. The largest absolute Gasteiger partial charge is 0.417 e. The van der Waals surface area contributed by atoms with E-state index in [1.165, 1.54) is 19.3 Å². The lowest BCUT2D eigenvalue weighted by Gasteiger charge is -2.13. The number of unbranched alkanes of at least 4 members (excludes halogenated alkanes) is 2. The molecule has 0 heterocycles. The summed E-state index contributed by atoms with van der Waals surface area (Å²) in [6.45, 7) is 6.62. The van der Waals surface area contributed by atoms with Gasteiger partial charge in [0.2, 0.25) is 8.32 Å². The van der Waals surface area contributed by atoms with Crippen LogP contribution in [0, 0.1) is 0 Å². The first-order chi connectivity index (χ1) is 5.12. The van der Waals surface area contributed by atoms with E-state index >= 15 is 0 Å². The van der Waals surface area contributed by atoms with Crippen LogP contribution in [-0.2, 0) is 4.43 Å². The summed E-state index contributed by atoms with van der Waals surface area (Å²) in [5.74, 6) is 0. The Hall–Kier alpha value is -0.0831. The maximum atomic E-state index is 5.37. The smallest absolute Gasteiger partial charge is 0.210 e. The number of rotatable bonds is 5. The van der Waals surface area contributed by atoms with Crippen LogP contribution in [-0.4, -0.2) is 15.4 Å². The molecule has 0 amide bonds. The summed E-state index contributed by atoms with van der Waals surface area (Å²) in [5.41, 5.74) is 2.27. The third-order valence-corrected chi connectivity index (χ3v) is 3.86. The molecule has 0 aromatic rings. The molecule has 0 aromatic heterocycles. The van der Waals surface area contributed by atoms with E-state index in [-0.39, 0.29) is 0 Å². The SMILES string of the molecule is CCCC/C=C/[Si](C)(C)OC. The molecule has 0 saturated heterocycles. The van der Waals surface area contributed by atoms with E-state index in [0.717, 1.165) is 0 Å². The lowest BCUT2D eigenvalue weighted by atomic mass is 10.2. The van der Waals surface area contributed by atoms with Gasteiger partial charge in [-0.3, -0.25) is 0 Å². The van der Waals surface area contributed by atoms with Crippen LogP contribution in [0.25, 0.3) is 0 Å². The Morgan fingerprint density at radius 1 is 1.36 bits per heavy atom. The fourth-order valence-corrected chi connectivity index (χ4v) is 1.63. The van der Waals surface area contributed by atoms with E-state index in [4.69, 9.17) is 4.43 Å². The molecule has 0 aliphatic rings. The molecule has 11 heavy (non-hydrogen) atoms. The third kappa shape index (κ3) is 6.32. The topological polar surface area (TPSA) is 9.23 Å². The van der Waals surface area contributed by atoms with Gasteiger partial charge < -0.3 is 4.43 Å². The maximum Gasteiger partial charge on any atom is 0.210 e. The highest BCUT2D eigenvalue weighted by atomic mass is 28.4. The number of hydrogen-bond acceptors (Lipinski definition) is 1. The van der Waals surface area contributed by atoms with Gasteiger partial charge in [0.15, 0.2) is 0 Å². The van der Waals surface area contributed by atoms with E-state index in [0.29, 0.717) is 0 Å². The molecule has 0 aliphatic heterocycles. The van der Waals surface area contributed by atoms with Crippen molar-refractivity contribution in [2.24, 2.45) is 0 Å². The van der Waals surface area contributed by atoms with Gasteiger partial charge in [0.1, 0.15) is 0 Å². The molecule has 0 saturated carbocycles. The Kier molecular flexibility index (Phi) is 5.51. The second-order valence-corrected chi connectivity index (χ2v) is 7.30. The molecule has 0 rings (SSSR count). The van der Waals surface area contributed by atoms with Crippen molar-refractivity contribution < 1.29 is 4.43 Å². The van der Waals surface area contributed by atoms with Gasteiger partial charge in [0.05, 0.1) is 0 Å². The normalized spacial score (nSPS) is 12.7. The van der Waals surface area contributed by atoms with Gasteiger partial charge >= 0.3 is 0 Å². The number of hydrogen-bond donors (Lipinski definition) is 0. The van der Waals surface area contributed by atoms with Gasteiger partial charge in [-0.25, -0.2) is 0 Å². The summed E-state index contributed by atoms with van der Waals surface area (Å²) >= 11 is 0. The van der Waals surface area contributed by atoms with Crippen LogP contribution in [0.2, 0.25) is 13.1 Å². The Morgan fingerprint density at radius 3 is 2.45 bits per heavy atom. The zero-order chi connectivity index (χ0) is 8.74. The van der Waals surface area contributed by atoms with Crippen LogP contribution in [0.4, 0.5) is 0 Å². The lowest BCUT2D eigenvalue weighted by molar-refractivity contribution is 0.415. The highest BCUT2D eigenvalue weighted by Crippen LogP contribution is 2.05. The molecule has 0 radical (unpaired) electrons. The van der Waals surface area contributed by atoms with Gasteiger partial charge in [0, 0.05) is 7.11 Å². The molecule has 66 valence electrons. The molecule has 0 aromatic carbocycles. The second kappa shape index (κ2) is 5.55. The first-order valence-electron chi connectivity index (χ1n) is 4.35. The van der Waals surface area contributed by atoms with Crippen molar-refractivity contribution in [3.8, 4) is 0 Å². The van der Waals surface area contributed by atoms with Crippen LogP contribution < -0.4 is 0 Å². The Labute approximate surface area is 71.6 Å². The third-order valence-electron chi connectivity index (χ3n) is 1.77. The zero-order valence-electron chi connectivity index (χ0n) is 8.18. The van der Waals surface area contributed by atoms with Crippen LogP contribution in [0.5, 0.6) is 0 Å². The lowest BCUT2D eigenvalue weighted by Crippen LogP contribution is -2.25. The summed E-state index contributed by atoms with van der Waals surface area (Å²) in [6.07, 6.45) is 6.04. The van der Waals surface area contributed by atoms with E-state index < -0.39 is 8.32 Å². The molecular weight excluding hydrogens is 152 g/mol. The Morgan fingerprint density at radius 2 is 2.00 bits per heavy atom. The molecule has 1 nitrogen and oxygen atoms in total. The minimum atomic E-state index is -1.41. The van der Waals surface area contributed by atoms with Gasteiger partial charge in [0.25, 0.3) is 0 Å². The average molecular weight is 172 g/mol. The average Bonchev–Trinajstić information content (AvgIpc) is 1.99. The molecule has 0 unspecified atom stereocenters. The molecule has 0 fully saturated rings. The van der Waals surface area contributed by atoms with Crippen molar-refractivity contribution in [1.82, 2.24) is 0 Å². The Balaban J connectivity index is 3.55. The standard InChI is InChI=1S/C9H20OSi/c1-5-6-7-8-9-11(3,4)10-2/h8-9H,5-7H2,1-4H3/b9-8+. The highest BCUT2D eigenvalue weighted by molar-refractivity contribution is 6.76. The van der Waals surface area contributed by atoms with Crippen molar-refractivity contribution >= 4 is 8.32 Å². The predicted octanol–water partition coefficient (Wildman–Crippen LogP) is 3.12. The first kappa shape index (κ1) is 10.9. The van der Waals surface area contributed by atoms with Crippen molar-refractivity contribution in [3.63, 3.8) is 0 Å². The number of allylic oxidation sites excluding steroid dienone is 1. The molecule has 0 aliphatic carbocycles. The van der Waals surface area contributed by atoms with Crippen molar-refractivity contribution in [1.29, 1.82) is 0 Å². The van der Waals surface area contributed by atoms with Gasteiger partial charge in [-0.1, -0.05) is 31.5 Å². The predicted molar refractivity (Wildman–Crippen MR) is 53.2 cm³/mol. The molecule has 0 atom stereocenters. The van der Waals surface area contributed by atoms with Crippen molar-refractivity contribution in [3.05, 3.63) is 11.8 Å². The molecule has 2 heteroatoms. The van der Waals surface area contributed by atoms with Gasteiger partial charge in [-0.2, -0.15) is 0 Å². The quantitative estimate of drug-likeness (QED) is 0.457. The van der Waals surface area contributed by atoms with E-state index in [1.807, 2.05) is 0 Å². The first-order valence-corrected chi connectivity index (χ1v) is 7.34. The zero-order valence-corrected chi connectivity index (χ0v) is 9.18. The second-order valence-electron chi connectivity index (χ2n) is 3.35. The molecule has 0 N–H and O–H groups in total. The minimum Gasteiger partial charge on any atom is -0.417 e. The van der Waals surface area contributed by atoms with E-state index in [9.17, 15) is 0 Å². The fraction of sp³-hybridized carbons (Fsp3) is 0.778. The summed E-state index contributed by atoms with van der Waals surface area (Å²) in [6, 6.07) is 0. The maximum absolute atomic E-state index is 5.37. The molecule has 0 spiro atoms. The summed E-state index contributed by atoms with van der Waals surface area (Å²) in [4.78, 5) is 0. The van der Waals surface area contributed by atoms with Crippen molar-refractivity contribution in [2.45, 2.75) is 39.3 Å². The van der Waals surface area contributed by atoms with Gasteiger partial charge in [-0.15, -0.1) is 0 Å². The van der Waals surface area contributed by atoms with Crippen LogP contribution in [0.1, 0.15) is 26.2 Å². The van der Waals surface area contributed by atoms with E-state index in [1.54, 1.807) is 7.11 Å². The summed E-state index contributed by atoms with van der Waals surface area (Å²) in [7, 11) is 0.394. The van der Waals surface area contributed by atoms with Crippen molar-refractivity contribution in [2.75, 3.05) is 7.11 Å². The summed E-state index contributed by atoms with van der Waals surface area (Å²) < 4.78 is 5.37. The molecule has 0 bridgehead atoms. The minimum absolute atomic E-state index is 1.20. The van der Waals surface area contributed by atoms with E-state index in [2.05, 4.69) is 31.8 Å². The highest BCUT2D eigenvalue weighted by Gasteiger charge is 2.14. The summed E-state index contributed by atoms with van der Waals surface area (Å²) in [5, 5.41) is 0. The van der Waals surface area contributed by atoms with Crippen LogP contribution >= 0.6 is 0 Å². The monoisotopic (exact) mass is 172 g/mol. The van der Waals surface area contributed by atoms with Crippen LogP contribution in [0.3, 0.4) is 0 Å². The Bertz CT molecular complexity index is 119. The van der Waals surface area contributed by atoms with Gasteiger partial charge in [-0.05, 0) is 19.5 Å². The fourth-order valence-electron chi connectivity index (χ4n) is 0.757. The van der Waals surface area contributed by atoms with Crippen LogP contribution in [0.15, 0.2) is 11.8 Å².